The zero-order chi connectivity index (χ0) is 13.8. The second-order valence-electron chi connectivity index (χ2n) is 4.37. The van der Waals surface area contributed by atoms with Gasteiger partial charge in [-0.1, -0.05) is 6.92 Å². The topological polar surface area (TPSA) is 65.1 Å². The lowest BCUT2D eigenvalue weighted by Gasteiger charge is -2.05. The zero-order valence-electron chi connectivity index (χ0n) is 11.9. The summed E-state index contributed by atoms with van der Waals surface area (Å²) in [6, 6.07) is 0. The van der Waals surface area contributed by atoms with Crippen molar-refractivity contribution in [3.63, 3.8) is 0 Å². The Morgan fingerprint density at radius 1 is 1.42 bits per heavy atom. The van der Waals surface area contributed by atoms with Gasteiger partial charge in [-0.25, -0.2) is 9.67 Å². The van der Waals surface area contributed by atoms with Gasteiger partial charge in [-0.3, -0.25) is 0 Å². The first-order valence-electron chi connectivity index (χ1n) is 6.36. The number of aryl methyl sites for hydroxylation is 3. The molecule has 0 saturated heterocycles. The van der Waals surface area contributed by atoms with Gasteiger partial charge in [0.25, 0.3) is 0 Å². The summed E-state index contributed by atoms with van der Waals surface area (Å²) < 4.78 is 12.6. The minimum Gasteiger partial charge on any atom is -0.481 e. The lowest BCUT2D eigenvalue weighted by atomic mass is 10.2. The van der Waals surface area contributed by atoms with Crippen LogP contribution >= 0.6 is 0 Å². The van der Waals surface area contributed by atoms with Gasteiger partial charge in [0.15, 0.2) is 0 Å². The van der Waals surface area contributed by atoms with E-state index in [1.54, 1.807) is 18.0 Å². The fourth-order valence-corrected chi connectivity index (χ4v) is 2.03. The first-order chi connectivity index (χ1) is 9.15. The van der Waals surface area contributed by atoms with Gasteiger partial charge < -0.3 is 14.5 Å². The minimum atomic E-state index is 0.595. The SMILES string of the molecule is CCc1cnc(CNCc2c(C)nn(C)c2OC)o1. The van der Waals surface area contributed by atoms with E-state index in [-0.39, 0.29) is 0 Å². The molecule has 6 nitrogen and oxygen atoms in total. The van der Waals surface area contributed by atoms with Crippen molar-refractivity contribution in [1.82, 2.24) is 20.1 Å². The Balaban J connectivity index is 1.95. The predicted molar refractivity (Wildman–Crippen MR) is 70.9 cm³/mol. The Labute approximate surface area is 112 Å². The molecule has 0 saturated carbocycles. The van der Waals surface area contributed by atoms with E-state index in [4.69, 9.17) is 9.15 Å². The van der Waals surface area contributed by atoms with Gasteiger partial charge in [0.1, 0.15) is 5.76 Å². The summed E-state index contributed by atoms with van der Waals surface area (Å²) in [7, 11) is 3.53. The summed E-state index contributed by atoms with van der Waals surface area (Å²) in [5.41, 5.74) is 2.03. The highest BCUT2D eigenvalue weighted by molar-refractivity contribution is 5.30. The van der Waals surface area contributed by atoms with Crippen molar-refractivity contribution in [3.05, 3.63) is 29.1 Å². The van der Waals surface area contributed by atoms with Crippen LogP contribution in [-0.4, -0.2) is 21.9 Å². The molecular formula is C13H20N4O2. The molecule has 0 radical (unpaired) electrons. The highest BCUT2D eigenvalue weighted by Crippen LogP contribution is 2.20. The maximum Gasteiger partial charge on any atom is 0.216 e. The van der Waals surface area contributed by atoms with Crippen molar-refractivity contribution >= 4 is 0 Å². The molecule has 2 aromatic rings. The number of nitrogens with one attached hydrogen (secondary N) is 1. The van der Waals surface area contributed by atoms with E-state index in [1.165, 1.54) is 0 Å². The summed E-state index contributed by atoms with van der Waals surface area (Å²) >= 11 is 0. The highest BCUT2D eigenvalue weighted by atomic mass is 16.5. The molecule has 2 heterocycles. The molecule has 0 aromatic carbocycles. The Hall–Kier alpha value is -1.82. The maximum absolute atomic E-state index is 5.54. The number of methoxy groups -OCH3 is 1. The van der Waals surface area contributed by atoms with Crippen LogP contribution in [0.3, 0.4) is 0 Å². The second-order valence-corrected chi connectivity index (χ2v) is 4.37. The molecule has 19 heavy (non-hydrogen) atoms. The molecule has 2 rings (SSSR count). The number of rotatable bonds is 6. The quantitative estimate of drug-likeness (QED) is 0.858. The summed E-state index contributed by atoms with van der Waals surface area (Å²) in [6.45, 7) is 5.28. The Morgan fingerprint density at radius 3 is 2.84 bits per heavy atom. The monoisotopic (exact) mass is 264 g/mol. The van der Waals surface area contributed by atoms with Crippen molar-refractivity contribution < 1.29 is 9.15 Å². The largest absolute Gasteiger partial charge is 0.481 e. The van der Waals surface area contributed by atoms with Crippen molar-refractivity contribution in [2.75, 3.05) is 7.11 Å². The maximum atomic E-state index is 5.54. The third-order valence-electron chi connectivity index (χ3n) is 3.01. The van der Waals surface area contributed by atoms with Crippen LogP contribution in [0.1, 0.15) is 29.8 Å². The standard InChI is InChI=1S/C13H20N4O2/c1-5-10-6-15-12(19-10)8-14-7-11-9(2)16-17(3)13(11)18-4/h6,14H,5,7-8H2,1-4H3. The molecule has 6 heteroatoms. The van der Waals surface area contributed by atoms with E-state index in [0.717, 1.165) is 29.3 Å². The van der Waals surface area contributed by atoms with Gasteiger partial charge in [0.05, 0.1) is 31.1 Å². The van der Waals surface area contributed by atoms with Crippen molar-refractivity contribution in [1.29, 1.82) is 0 Å². The molecule has 0 aliphatic heterocycles. The van der Waals surface area contributed by atoms with Gasteiger partial charge in [0, 0.05) is 20.0 Å². The van der Waals surface area contributed by atoms with E-state index < -0.39 is 0 Å². The molecule has 1 N–H and O–H groups in total. The van der Waals surface area contributed by atoms with Crippen LogP contribution in [0.25, 0.3) is 0 Å². The first kappa shape index (κ1) is 13.6. The fraction of sp³-hybridized carbons (Fsp3) is 0.538. The average Bonchev–Trinajstić information content (AvgIpc) is 2.95. The van der Waals surface area contributed by atoms with E-state index in [1.807, 2.05) is 20.9 Å². The molecule has 0 bridgehead atoms. The normalized spacial score (nSPS) is 10.9. The molecule has 104 valence electrons. The van der Waals surface area contributed by atoms with Crippen LogP contribution in [0.4, 0.5) is 0 Å². The van der Waals surface area contributed by atoms with E-state index in [2.05, 4.69) is 15.4 Å². The van der Waals surface area contributed by atoms with Gasteiger partial charge in [0.2, 0.25) is 11.8 Å². The number of hydrogen-bond donors (Lipinski definition) is 1. The van der Waals surface area contributed by atoms with Crippen LogP contribution in [0.2, 0.25) is 0 Å². The number of oxazole rings is 1. The minimum absolute atomic E-state index is 0.595. The van der Waals surface area contributed by atoms with Crippen LogP contribution in [0.5, 0.6) is 5.88 Å². The third kappa shape index (κ3) is 2.96. The third-order valence-corrected chi connectivity index (χ3v) is 3.01. The van der Waals surface area contributed by atoms with Crippen molar-refractivity contribution in [2.24, 2.45) is 7.05 Å². The lowest BCUT2D eigenvalue weighted by molar-refractivity contribution is 0.367. The van der Waals surface area contributed by atoms with Gasteiger partial charge in [-0.05, 0) is 6.92 Å². The molecule has 2 aromatic heterocycles. The zero-order valence-corrected chi connectivity index (χ0v) is 11.9. The molecule has 0 unspecified atom stereocenters. The summed E-state index contributed by atoms with van der Waals surface area (Å²) in [4.78, 5) is 4.21. The lowest BCUT2D eigenvalue weighted by Crippen LogP contribution is -2.14. The van der Waals surface area contributed by atoms with E-state index in [9.17, 15) is 0 Å². The van der Waals surface area contributed by atoms with Gasteiger partial charge in [-0.2, -0.15) is 5.10 Å². The van der Waals surface area contributed by atoms with Gasteiger partial charge in [-0.15, -0.1) is 0 Å². The average molecular weight is 264 g/mol. The van der Waals surface area contributed by atoms with Gasteiger partial charge >= 0.3 is 0 Å². The Morgan fingerprint density at radius 2 is 2.21 bits per heavy atom. The molecule has 0 aliphatic carbocycles. The summed E-state index contributed by atoms with van der Waals surface area (Å²) in [5, 5.41) is 7.63. The smallest absolute Gasteiger partial charge is 0.216 e. The summed E-state index contributed by atoms with van der Waals surface area (Å²) in [6.07, 6.45) is 2.63. The first-order valence-corrected chi connectivity index (χ1v) is 6.36. The molecule has 0 atom stereocenters. The summed E-state index contributed by atoms with van der Waals surface area (Å²) in [5.74, 6) is 2.40. The van der Waals surface area contributed by atoms with Crippen molar-refractivity contribution in [3.8, 4) is 5.88 Å². The number of nitrogens with zero attached hydrogens (tertiary/aromatic N) is 3. The fourth-order valence-electron chi connectivity index (χ4n) is 2.03. The van der Waals surface area contributed by atoms with Crippen LogP contribution < -0.4 is 10.1 Å². The molecule has 0 spiro atoms. The van der Waals surface area contributed by atoms with Crippen molar-refractivity contribution in [2.45, 2.75) is 33.4 Å². The number of aromatic nitrogens is 3. The molecule has 0 amide bonds. The second kappa shape index (κ2) is 5.88. The van der Waals surface area contributed by atoms with Crippen LogP contribution in [-0.2, 0) is 26.6 Å². The van der Waals surface area contributed by atoms with E-state index in [0.29, 0.717) is 19.0 Å². The Kier molecular flexibility index (Phi) is 4.21. The molecule has 0 aliphatic rings. The Bertz CT molecular complexity index is 545. The molecule has 0 fully saturated rings. The van der Waals surface area contributed by atoms with Crippen LogP contribution in [0, 0.1) is 6.92 Å². The van der Waals surface area contributed by atoms with E-state index >= 15 is 0 Å². The highest BCUT2D eigenvalue weighted by Gasteiger charge is 2.13. The number of hydrogen-bond acceptors (Lipinski definition) is 5. The molecular weight excluding hydrogens is 244 g/mol. The predicted octanol–water partition coefficient (Wildman–Crippen LogP) is 1.58. The number of ether oxygens (including phenoxy) is 1. The van der Waals surface area contributed by atoms with Crippen LogP contribution in [0.15, 0.2) is 10.6 Å².